The van der Waals surface area contributed by atoms with E-state index in [4.69, 9.17) is 10.9 Å². The summed E-state index contributed by atoms with van der Waals surface area (Å²) in [5, 5.41) is 11.4. The number of carbonyl (C=O) groups excluding carboxylic acids is 1. The van der Waals surface area contributed by atoms with Gasteiger partial charge in [-0.1, -0.05) is 18.1 Å². The van der Waals surface area contributed by atoms with E-state index in [1.807, 2.05) is 0 Å². The molecule has 0 aromatic heterocycles. The first-order chi connectivity index (χ1) is 9.42. The maximum absolute atomic E-state index is 13.6. The van der Waals surface area contributed by atoms with Crippen molar-refractivity contribution in [2.45, 2.75) is 13.8 Å². The minimum Gasteiger partial charge on any atom is -0.409 e. The molecule has 1 rings (SSSR count). The lowest BCUT2D eigenvalue weighted by Crippen LogP contribution is -2.39. The van der Waals surface area contributed by atoms with Crippen molar-refractivity contribution in [3.8, 4) is 0 Å². The zero-order chi connectivity index (χ0) is 15.3. The van der Waals surface area contributed by atoms with E-state index in [2.05, 4.69) is 5.16 Å². The first-order valence-corrected chi connectivity index (χ1v) is 6.13. The van der Waals surface area contributed by atoms with Gasteiger partial charge in [-0.3, -0.25) is 4.79 Å². The summed E-state index contributed by atoms with van der Waals surface area (Å²) in [6, 6.07) is 3.24. The molecule has 0 aliphatic rings. The van der Waals surface area contributed by atoms with Crippen molar-refractivity contribution in [2.75, 3.05) is 13.1 Å². The van der Waals surface area contributed by atoms with E-state index in [-0.39, 0.29) is 18.9 Å². The molecule has 0 radical (unpaired) electrons. The van der Waals surface area contributed by atoms with Crippen molar-refractivity contribution in [3.05, 3.63) is 35.4 Å². The average Bonchev–Trinajstić information content (AvgIpc) is 2.43. The lowest BCUT2D eigenvalue weighted by Gasteiger charge is -2.24. The van der Waals surface area contributed by atoms with Gasteiger partial charge >= 0.3 is 0 Å². The monoisotopic (exact) mass is 285 g/mol. The zero-order valence-corrected chi connectivity index (χ0v) is 11.3. The van der Waals surface area contributed by atoms with Gasteiger partial charge in [0.15, 0.2) is 0 Å². The summed E-state index contributed by atoms with van der Waals surface area (Å²) in [6.45, 7) is 3.66. The number of nitrogens with zero attached hydrogens (tertiary/aromatic N) is 2. The zero-order valence-electron chi connectivity index (χ0n) is 11.3. The molecule has 0 fully saturated rings. The maximum Gasteiger partial charge on any atom is 0.259 e. The van der Waals surface area contributed by atoms with Crippen molar-refractivity contribution in [3.63, 3.8) is 0 Å². The summed E-state index contributed by atoms with van der Waals surface area (Å²) < 4.78 is 27.2. The third-order valence-electron chi connectivity index (χ3n) is 2.96. The standard InChI is InChI=1S/C13H17F2N3O2/c1-3-18(7-8(2)12(16)17-20)13(19)11-9(14)5-4-6-10(11)15/h4-6,8,20H,3,7H2,1-2H3,(H2,16,17). The van der Waals surface area contributed by atoms with Gasteiger partial charge in [0.25, 0.3) is 5.91 Å². The summed E-state index contributed by atoms with van der Waals surface area (Å²) in [7, 11) is 0. The summed E-state index contributed by atoms with van der Waals surface area (Å²) in [6.07, 6.45) is 0. The molecule has 3 N–H and O–H groups in total. The summed E-state index contributed by atoms with van der Waals surface area (Å²) in [4.78, 5) is 13.4. The van der Waals surface area contributed by atoms with E-state index in [9.17, 15) is 13.6 Å². The SMILES string of the molecule is CCN(CC(C)C(N)=NO)C(=O)c1c(F)cccc1F. The minimum absolute atomic E-state index is 0.0507. The van der Waals surface area contributed by atoms with Crippen LogP contribution in [0.5, 0.6) is 0 Å². The lowest BCUT2D eigenvalue weighted by molar-refractivity contribution is 0.0744. The Bertz CT molecular complexity index is 500. The third kappa shape index (κ3) is 3.43. The second kappa shape index (κ2) is 6.83. The highest BCUT2D eigenvalue weighted by molar-refractivity contribution is 5.95. The van der Waals surface area contributed by atoms with Crippen molar-refractivity contribution < 1.29 is 18.8 Å². The molecule has 7 heteroatoms. The molecule has 5 nitrogen and oxygen atoms in total. The van der Waals surface area contributed by atoms with Gasteiger partial charge < -0.3 is 15.8 Å². The van der Waals surface area contributed by atoms with E-state index in [1.54, 1.807) is 13.8 Å². The van der Waals surface area contributed by atoms with Crippen LogP contribution >= 0.6 is 0 Å². The van der Waals surface area contributed by atoms with Crippen molar-refractivity contribution in [1.82, 2.24) is 4.90 Å². The Labute approximate surface area is 115 Å². The number of hydrogen-bond acceptors (Lipinski definition) is 3. The first kappa shape index (κ1) is 15.9. The number of rotatable bonds is 5. The van der Waals surface area contributed by atoms with Crippen LogP contribution in [0.15, 0.2) is 23.4 Å². The Balaban J connectivity index is 2.98. The number of halogens is 2. The minimum atomic E-state index is -0.912. The molecule has 110 valence electrons. The molecule has 1 amide bonds. The highest BCUT2D eigenvalue weighted by Crippen LogP contribution is 2.15. The van der Waals surface area contributed by atoms with E-state index >= 15 is 0 Å². The van der Waals surface area contributed by atoms with Crippen LogP contribution < -0.4 is 5.73 Å². The molecule has 0 saturated carbocycles. The smallest absolute Gasteiger partial charge is 0.259 e. The van der Waals surface area contributed by atoms with E-state index in [0.717, 1.165) is 12.1 Å². The van der Waals surface area contributed by atoms with Crippen LogP contribution in [0.4, 0.5) is 8.78 Å². The van der Waals surface area contributed by atoms with Crippen LogP contribution in [0.1, 0.15) is 24.2 Å². The average molecular weight is 285 g/mol. The predicted molar refractivity (Wildman–Crippen MR) is 70.5 cm³/mol. The van der Waals surface area contributed by atoms with Gasteiger partial charge in [0.2, 0.25) is 0 Å². The summed E-state index contributed by atoms with van der Waals surface area (Å²) >= 11 is 0. The molecule has 0 aliphatic heterocycles. The Morgan fingerprint density at radius 2 is 2.00 bits per heavy atom. The molecule has 1 atom stereocenters. The van der Waals surface area contributed by atoms with Crippen LogP contribution in [0.2, 0.25) is 0 Å². The Kier molecular flexibility index (Phi) is 5.42. The molecular weight excluding hydrogens is 268 g/mol. The second-order valence-electron chi connectivity index (χ2n) is 4.37. The molecule has 1 aromatic rings. The molecular formula is C13H17F2N3O2. The summed E-state index contributed by atoms with van der Waals surface area (Å²) in [5.74, 6) is -3.07. The molecule has 0 heterocycles. The molecule has 1 aromatic carbocycles. The van der Waals surface area contributed by atoms with E-state index in [1.165, 1.54) is 11.0 Å². The van der Waals surface area contributed by atoms with Crippen LogP contribution in [-0.2, 0) is 0 Å². The number of oxime groups is 1. The lowest BCUT2D eigenvalue weighted by atomic mass is 10.1. The molecule has 0 saturated heterocycles. The second-order valence-corrected chi connectivity index (χ2v) is 4.37. The van der Waals surface area contributed by atoms with Crippen molar-refractivity contribution >= 4 is 11.7 Å². The van der Waals surface area contributed by atoms with Gasteiger partial charge in [0, 0.05) is 19.0 Å². The Hall–Kier alpha value is -2.18. The van der Waals surface area contributed by atoms with Gasteiger partial charge in [-0.25, -0.2) is 8.78 Å². The number of nitrogens with two attached hydrogens (primary N) is 1. The van der Waals surface area contributed by atoms with Gasteiger partial charge in [0.05, 0.1) is 0 Å². The van der Waals surface area contributed by atoms with Crippen molar-refractivity contribution in [2.24, 2.45) is 16.8 Å². The topological polar surface area (TPSA) is 78.9 Å². The highest BCUT2D eigenvalue weighted by atomic mass is 19.1. The van der Waals surface area contributed by atoms with Crippen LogP contribution in [-0.4, -0.2) is 34.9 Å². The van der Waals surface area contributed by atoms with Crippen LogP contribution in [0, 0.1) is 17.6 Å². The molecule has 20 heavy (non-hydrogen) atoms. The fourth-order valence-corrected chi connectivity index (χ4v) is 1.74. The number of carbonyl (C=O) groups is 1. The molecule has 1 unspecified atom stereocenters. The molecule has 0 bridgehead atoms. The quantitative estimate of drug-likeness (QED) is 0.375. The fraction of sp³-hybridized carbons (Fsp3) is 0.385. The van der Waals surface area contributed by atoms with Gasteiger partial charge in [0.1, 0.15) is 23.0 Å². The molecule has 0 spiro atoms. The van der Waals surface area contributed by atoms with E-state index in [0.29, 0.717) is 0 Å². The first-order valence-electron chi connectivity index (χ1n) is 6.13. The predicted octanol–water partition coefficient (Wildman–Crippen LogP) is 1.81. The Morgan fingerprint density at radius 1 is 1.45 bits per heavy atom. The number of amides is 1. The number of hydrogen-bond donors (Lipinski definition) is 2. The van der Waals surface area contributed by atoms with E-state index < -0.39 is 29.0 Å². The highest BCUT2D eigenvalue weighted by Gasteiger charge is 2.24. The van der Waals surface area contributed by atoms with Crippen LogP contribution in [0.25, 0.3) is 0 Å². The Morgan fingerprint density at radius 3 is 2.45 bits per heavy atom. The maximum atomic E-state index is 13.6. The van der Waals surface area contributed by atoms with Gasteiger partial charge in [-0.2, -0.15) is 0 Å². The molecule has 0 aliphatic carbocycles. The van der Waals surface area contributed by atoms with Crippen molar-refractivity contribution in [1.29, 1.82) is 0 Å². The number of amidine groups is 1. The third-order valence-corrected chi connectivity index (χ3v) is 2.96. The van der Waals surface area contributed by atoms with Crippen LogP contribution in [0.3, 0.4) is 0 Å². The van der Waals surface area contributed by atoms with Gasteiger partial charge in [-0.15, -0.1) is 0 Å². The number of benzene rings is 1. The normalized spacial score (nSPS) is 13.1. The summed E-state index contributed by atoms with van der Waals surface area (Å²) in [5.41, 5.74) is 4.84. The largest absolute Gasteiger partial charge is 0.409 e. The fourth-order valence-electron chi connectivity index (χ4n) is 1.74. The van der Waals surface area contributed by atoms with Gasteiger partial charge in [-0.05, 0) is 19.1 Å².